The molecule has 0 radical (unpaired) electrons. The number of halogens is 1. The molecule has 0 spiro atoms. The molecule has 0 aliphatic rings. The molecule has 0 atom stereocenters. The van der Waals surface area contributed by atoms with Crippen LogP contribution in [0.2, 0.25) is 5.02 Å². The minimum Gasteiger partial charge on any atom is -0.398 e. The lowest BCUT2D eigenvalue weighted by Gasteiger charge is -2.14. The fourth-order valence-corrected chi connectivity index (χ4v) is 2.11. The summed E-state index contributed by atoms with van der Waals surface area (Å²) >= 11 is 5.96. The lowest BCUT2D eigenvalue weighted by Crippen LogP contribution is -2.22. The first-order valence-electron chi connectivity index (χ1n) is 6.42. The Morgan fingerprint density at radius 1 is 1.19 bits per heavy atom. The maximum atomic E-state index is 12.2. The van der Waals surface area contributed by atoms with Crippen molar-refractivity contribution in [3.63, 3.8) is 0 Å². The first kappa shape index (κ1) is 15.1. The number of hydrogen-bond acceptors (Lipinski definition) is 3. The van der Waals surface area contributed by atoms with Crippen molar-refractivity contribution in [1.82, 2.24) is 5.01 Å². The maximum absolute atomic E-state index is 12.2. The van der Waals surface area contributed by atoms with Gasteiger partial charge in [0.2, 0.25) is 0 Å². The zero-order valence-electron chi connectivity index (χ0n) is 11.9. The van der Waals surface area contributed by atoms with Crippen LogP contribution in [0.4, 0.5) is 5.69 Å². The van der Waals surface area contributed by atoms with Crippen molar-refractivity contribution < 1.29 is 4.79 Å². The van der Waals surface area contributed by atoms with Crippen LogP contribution >= 0.6 is 11.6 Å². The molecule has 2 rings (SSSR count). The van der Waals surface area contributed by atoms with Gasteiger partial charge in [-0.1, -0.05) is 29.8 Å². The molecule has 0 fully saturated rings. The Labute approximate surface area is 128 Å². The molecule has 2 aromatic rings. The Morgan fingerprint density at radius 3 is 2.52 bits per heavy atom. The third-order valence-electron chi connectivity index (χ3n) is 3.02. The van der Waals surface area contributed by atoms with Crippen molar-refractivity contribution in [2.75, 3.05) is 12.8 Å². The fraction of sp³-hybridized carbons (Fsp3) is 0.125. The highest BCUT2D eigenvalue weighted by Gasteiger charge is 2.12. The van der Waals surface area contributed by atoms with Gasteiger partial charge >= 0.3 is 0 Å². The second-order valence-electron chi connectivity index (χ2n) is 4.61. The predicted molar refractivity (Wildman–Crippen MR) is 86.6 cm³/mol. The molecule has 108 valence electrons. The highest BCUT2D eigenvalue weighted by Crippen LogP contribution is 2.19. The van der Waals surface area contributed by atoms with Crippen molar-refractivity contribution >= 4 is 28.9 Å². The van der Waals surface area contributed by atoms with Gasteiger partial charge in [-0.15, -0.1) is 0 Å². The molecule has 0 heterocycles. The Morgan fingerprint density at radius 2 is 1.86 bits per heavy atom. The first-order chi connectivity index (χ1) is 9.99. The van der Waals surface area contributed by atoms with E-state index in [2.05, 4.69) is 5.10 Å². The third-order valence-corrected chi connectivity index (χ3v) is 3.25. The van der Waals surface area contributed by atoms with Gasteiger partial charge in [0.1, 0.15) is 0 Å². The van der Waals surface area contributed by atoms with Crippen LogP contribution in [0.5, 0.6) is 0 Å². The summed E-state index contributed by atoms with van der Waals surface area (Å²) in [6.45, 7) is 1.79. The number of hydrazone groups is 1. The summed E-state index contributed by atoms with van der Waals surface area (Å²) in [5.41, 5.74) is 8.40. The number of hydrogen-bond donors (Lipinski definition) is 1. The zero-order valence-corrected chi connectivity index (χ0v) is 12.6. The molecule has 0 aromatic heterocycles. The van der Waals surface area contributed by atoms with Crippen molar-refractivity contribution in [3.8, 4) is 0 Å². The average molecular weight is 302 g/mol. The Balaban J connectivity index is 2.26. The molecule has 5 heteroatoms. The van der Waals surface area contributed by atoms with E-state index in [-0.39, 0.29) is 5.91 Å². The number of benzene rings is 2. The standard InChI is InChI=1S/C16H16ClN3O/c1-11(14-10-13(17)8-9-15(14)18)19-20(2)16(21)12-6-4-3-5-7-12/h3-10H,18H2,1-2H3/b19-11+. The smallest absolute Gasteiger partial charge is 0.273 e. The molecule has 0 unspecified atom stereocenters. The fourth-order valence-electron chi connectivity index (χ4n) is 1.93. The van der Waals surface area contributed by atoms with Gasteiger partial charge in [-0.2, -0.15) is 5.10 Å². The quantitative estimate of drug-likeness (QED) is 0.536. The van der Waals surface area contributed by atoms with Crippen molar-refractivity contribution in [3.05, 3.63) is 64.7 Å². The normalized spacial score (nSPS) is 11.3. The SMILES string of the molecule is C/C(=N\N(C)C(=O)c1ccccc1)c1cc(Cl)ccc1N. The molecule has 4 nitrogen and oxygen atoms in total. The second kappa shape index (κ2) is 6.41. The van der Waals surface area contributed by atoms with Gasteiger partial charge in [-0.3, -0.25) is 4.79 Å². The molecule has 0 bridgehead atoms. The van der Waals surface area contributed by atoms with Gasteiger partial charge < -0.3 is 5.73 Å². The van der Waals surface area contributed by atoms with E-state index in [4.69, 9.17) is 17.3 Å². The zero-order chi connectivity index (χ0) is 15.4. The Hall–Kier alpha value is -2.33. The summed E-state index contributed by atoms with van der Waals surface area (Å²) in [6.07, 6.45) is 0. The van der Waals surface area contributed by atoms with E-state index in [9.17, 15) is 4.79 Å². The van der Waals surface area contributed by atoms with Crippen LogP contribution in [0, 0.1) is 0 Å². The number of carbonyl (C=O) groups excluding carboxylic acids is 1. The number of nitrogens with two attached hydrogens (primary N) is 1. The number of anilines is 1. The largest absolute Gasteiger partial charge is 0.398 e. The summed E-state index contributed by atoms with van der Waals surface area (Å²) in [7, 11) is 1.61. The van der Waals surface area contributed by atoms with Crippen molar-refractivity contribution in [2.24, 2.45) is 5.10 Å². The summed E-state index contributed by atoms with van der Waals surface area (Å²) in [5.74, 6) is -0.185. The second-order valence-corrected chi connectivity index (χ2v) is 5.05. The predicted octanol–water partition coefficient (Wildman–Crippen LogP) is 3.42. The van der Waals surface area contributed by atoms with Crippen molar-refractivity contribution in [2.45, 2.75) is 6.92 Å². The van der Waals surface area contributed by atoms with Crippen LogP contribution < -0.4 is 5.73 Å². The number of nitrogens with zero attached hydrogens (tertiary/aromatic N) is 2. The van der Waals surface area contributed by atoms with Crippen LogP contribution in [0.1, 0.15) is 22.8 Å². The molecule has 0 aliphatic carbocycles. The van der Waals surface area contributed by atoms with E-state index < -0.39 is 0 Å². The summed E-state index contributed by atoms with van der Waals surface area (Å²) in [5, 5.41) is 6.16. The lowest BCUT2D eigenvalue weighted by atomic mass is 10.1. The van der Waals surface area contributed by atoms with E-state index in [1.807, 2.05) is 18.2 Å². The van der Waals surface area contributed by atoms with Crippen LogP contribution in [0.3, 0.4) is 0 Å². The highest BCUT2D eigenvalue weighted by molar-refractivity contribution is 6.31. The molecule has 1 amide bonds. The highest BCUT2D eigenvalue weighted by atomic mass is 35.5. The van der Waals surface area contributed by atoms with E-state index in [1.54, 1.807) is 44.3 Å². The summed E-state index contributed by atoms with van der Waals surface area (Å²) < 4.78 is 0. The molecule has 2 N–H and O–H groups in total. The monoisotopic (exact) mass is 301 g/mol. The number of nitrogen functional groups attached to an aromatic ring is 1. The van der Waals surface area contributed by atoms with Crippen LogP contribution in [-0.4, -0.2) is 23.7 Å². The number of amides is 1. The average Bonchev–Trinajstić information content (AvgIpc) is 2.49. The maximum Gasteiger partial charge on any atom is 0.273 e. The van der Waals surface area contributed by atoms with Gasteiger partial charge in [0.15, 0.2) is 0 Å². The first-order valence-corrected chi connectivity index (χ1v) is 6.80. The van der Waals surface area contributed by atoms with Crippen LogP contribution in [0.15, 0.2) is 53.6 Å². The molecular formula is C16H16ClN3O. The molecule has 0 aliphatic heterocycles. The summed E-state index contributed by atoms with van der Waals surface area (Å²) in [4.78, 5) is 12.2. The van der Waals surface area contributed by atoms with Gasteiger partial charge in [-0.25, -0.2) is 5.01 Å². The van der Waals surface area contributed by atoms with Gasteiger partial charge in [-0.05, 0) is 37.3 Å². The van der Waals surface area contributed by atoms with Gasteiger partial charge in [0.25, 0.3) is 5.91 Å². The minimum atomic E-state index is -0.185. The molecular weight excluding hydrogens is 286 g/mol. The van der Waals surface area contributed by atoms with Gasteiger partial charge in [0, 0.05) is 28.9 Å². The van der Waals surface area contributed by atoms with Crippen LogP contribution in [-0.2, 0) is 0 Å². The van der Waals surface area contributed by atoms with E-state index >= 15 is 0 Å². The van der Waals surface area contributed by atoms with E-state index in [1.165, 1.54) is 5.01 Å². The Kier molecular flexibility index (Phi) is 4.60. The van der Waals surface area contributed by atoms with Crippen LogP contribution in [0.25, 0.3) is 0 Å². The van der Waals surface area contributed by atoms with E-state index in [0.717, 1.165) is 5.56 Å². The third kappa shape index (κ3) is 3.61. The lowest BCUT2D eigenvalue weighted by molar-refractivity contribution is 0.0799. The molecule has 2 aromatic carbocycles. The minimum absolute atomic E-state index is 0.185. The molecule has 0 saturated heterocycles. The topological polar surface area (TPSA) is 58.7 Å². The van der Waals surface area contributed by atoms with Gasteiger partial charge in [0.05, 0.1) is 5.71 Å². The molecule has 21 heavy (non-hydrogen) atoms. The Bertz CT molecular complexity index is 683. The summed E-state index contributed by atoms with van der Waals surface area (Å²) in [6, 6.07) is 14.1. The number of carbonyl (C=O) groups is 1. The number of rotatable bonds is 3. The molecule has 0 saturated carbocycles. The van der Waals surface area contributed by atoms with Crippen molar-refractivity contribution in [1.29, 1.82) is 0 Å². The van der Waals surface area contributed by atoms with E-state index in [0.29, 0.717) is 22.0 Å².